The summed E-state index contributed by atoms with van der Waals surface area (Å²) in [6, 6.07) is 11.2. The Morgan fingerprint density at radius 1 is 1.12 bits per heavy atom. The third kappa shape index (κ3) is 6.28. The fourth-order valence-corrected chi connectivity index (χ4v) is 5.52. The molecule has 0 radical (unpaired) electrons. The molecule has 10 heteroatoms. The summed E-state index contributed by atoms with van der Waals surface area (Å²) >= 11 is 0. The Morgan fingerprint density at radius 2 is 1.93 bits per heavy atom. The number of rotatable bonds is 9. The molecule has 3 aromatic rings. The van der Waals surface area contributed by atoms with E-state index in [1.54, 1.807) is 12.1 Å². The second-order valence-corrected chi connectivity index (χ2v) is 10.4. The predicted molar refractivity (Wildman–Crippen MR) is 145 cm³/mol. The number of nitrogens with zero attached hydrogens (tertiary/aromatic N) is 3. The van der Waals surface area contributed by atoms with Crippen LogP contribution in [0.3, 0.4) is 0 Å². The summed E-state index contributed by atoms with van der Waals surface area (Å²) < 4.78 is 44.1. The van der Waals surface area contributed by atoms with Crippen molar-refractivity contribution in [1.82, 2.24) is 14.9 Å². The molecule has 0 bridgehead atoms. The zero-order chi connectivity index (χ0) is 28.3. The van der Waals surface area contributed by atoms with Crippen LogP contribution in [0.4, 0.5) is 19.0 Å². The maximum absolute atomic E-state index is 13.1. The van der Waals surface area contributed by atoms with Gasteiger partial charge in [0.25, 0.3) is 0 Å². The zero-order valence-corrected chi connectivity index (χ0v) is 22.4. The Hall–Kier alpha value is -3.50. The second kappa shape index (κ2) is 11.9. The van der Waals surface area contributed by atoms with Gasteiger partial charge in [-0.1, -0.05) is 36.8 Å². The van der Waals surface area contributed by atoms with Crippen LogP contribution in [0.2, 0.25) is 0 Å². The third-order valence-corrected chi connectivity index (χ3v) is 7.52. The SMILES string of the molecule is COC(=O)c1ccc2c(c1)Cc1nc(Cc3cccc(C(O)C(F)(F)F)c3)nc(NCCCN3CCCCC3)c1-2. The molecular formula is C30H33F3N4O3. The van der Waals surface area contributed by atoms with Gasteiger partial charge in [-0.15, -0.1) is 0 Å². The first-order valence-electron chi connectivity index (χ1n) is 13.6. The molecule has 2 aliphatic rings. The zero-order valence-electron chi connectivity index (χ0n) is 22.4. The summed E-state index contributed by atoms with van der Waals surface area (Å²) in [7, 11) is 1.34. The Labute approximate surface area is 231 Å². The molecule has 7 nitrogen and oxygen atoms in total. The summed E-state index contributed by atoms with van der Waals surface area (Å²) in [6.07, 6.45) is -1.88. The first-order chi connectivity index (χ1) is 19.2. The van der Waals surface area contributed by atoms with Crippen molar-refractivity contribution >= 4 is 11.8 Å². The van der Waals surface area contributed by atoms with E-state index in [9.17, 15) is 23.1 Å². The van der Waals surface area contributed by atoms with E-state index in [1.807, 2.05) is 12.1 Å². The topological polar surface area (TPSA) is 87.6 Å². The number of nitrogens with one attached hydrogen (secondary N) is 1. The van der Waals surface area contributed by atoms with Crippen molar-refractivity contribution in [1.29, 1.82) is 0 Å². The lowest BCUT2D eigenvalue weighted by Gasteiger charge is -2.26. The van der Waals surface area contributed by atoms with Crippen molar-refractivity contribution in [2.45, 2.75) is 50.8 Å². The van der Waals surface area contributed by atoms with Gasteiger partial charge in [0.05, 0.1) is 18.4 Å². The number of likely N-dealkylation sites (tertiary alicyclic amines) is 1. The van der Waals surface area contributed by atoms with E-state index in [0.717, 1.165) is 48.4 Å². The van der Waals surface area contributed by atoms with Crippen molar-refractivity contribution in [3.63, 3.8) is 0 Å². The van der Waals surface area contributed by atoms with Gasteiger partial charge in [0.15, 0.2) is 6.10 Å². The van der Waals surface area contributed by atoms with Crippen molar-refractivity contribution < 1.29 is 27.8 Å². The minimum Gasteiger partial charge on any atom is -0.465 e. The van der Waals surface area contributed by atoms with Gasteiger partial charge in [0, 0.05) is 24.9 Å². The van der Waals surface area contributed by atoms with Crippen molar-refractivity contribution in [3.05, 3.63) is 76.2 Å². The highest BCUT2D eigenvalue weighted by atomic mass is 19.4. The third-order valence-electron chi connectivity index (χ3n) is 7.52. The van der Waals surface area contributed by atoms with Crippen LogP contribution < -0.4 is 5.32 Å². The summed E-state index contributed by atoms with van der Waals surface area (Å²) in [4.78, 5) is 24.2. The summed E-state index contributed by atoms with van der Waals surface area (Å²) in [5.41, 5.74) is 4.38. The van der Waals surface area contributed by atoms with E-state index < -0.39 is 18.2 Å². The minimum absolute atomic E-state index is 0.206. The fourth-order valence-electron chi connectivity index (χ4n) is 5.52. The molecule has 212 valence electrons. The molecule has 1 atom stereocenters. The number of carbonyl (C=O) groups excluding carboxylic acids is 1. The van der Waals surface area contributed by atoms with E-state index >= 15 is 0 Å². The molecule has 1 aliphatic carbocycles. The molecule has 2 aromatic carbocycles. The van der Waals surface area contributed by atoms with Gasteiger partial charge in [-0.05, 0) is 73.3 Å². The number of esters is 1. The smallest absolute Gasteiger partial charge is 0.418 e. The van der Waals surface area contributed by atoms with E-state index in [1.165, 1.54) is 44.6 Å². The molecule has 1 unspecified atom stereocenters. The average Bonchev–Trinajstić information content (AvgIpc) is 3.32. The molecule has 1 aromatic heterocycles. The standard InChI is InChI=1S/C30H33F3N4O3/c1-40-29(39)21-9-10-23-22(17-21)18-24-26(23)28(34-11-6-14-37-12-3-2-4-13-37)36-25(35-24)16-19-7-5-8-20(15-19)27(38)30(31,32)33/h5,7-10,15,17,27,38H,2-4,6,11-14,16,18H2,1H3,(H,34,35,36). The minimum atomic E-state index is -4.75. The maximum Gasteiger partial charge on any atom is 0.418 e. The van der Waals surface area contributed by atoms with E-state index in [2.05, 4.69) is 10.2 Å². The van der Waals surface area contributed by atoms with Crippen LogP contribution in [0.25, 0.3) is 11.1 Å². The lowest BCUT2D eigenvalue weighted by atomic mass is 10.0. The number of anilines is 1. The number of piperidine rings is 1. The Kier molecular flexibility index (Phi) is 8.37. The van der Waals surface area contributed by atoms with Crippen LogP contribution in [0, 0.1) is 0 Å². The van der Waals surface area contributed by atoms with Gasteiger partial charge in [0.1, 0.15) is 11.6 Å². The molecule has 0 saturated carbocycles. The molecule has 2 N–H and O–H groups in total. The number of ether oxygens (including phenoxy) is 1. The molecule has 5 rings (SSSR count). The van der Waals surface area contributed by atoms with E-state index in [-0.39, 0.29) is 12.0 Å². The number of fused-ring (bicyclic) bond motifs is 3. The van der Waals surface area contributed by atoms with Gasteiger partial charge < -0.3 is 20.1 Å². The van der Waals surface area contributed by atoms with Crippen molar-refractivity contribution in [2.24, 2.45) is 0 Å². The van der Waals surface area contributed by atoms with Crippen LogP contribution in [0.5, 0.6) is 0 Å². The largest absolute Gasteiger partial charge is 0.465 e. The predicted octanol–water partition coefficient (Wildman–Crippen LogP) is 5.31. The highest BCUT2D eigenvalue weighted by Gasteiger charge is 2.39. The number of carbonyl (C=O) groups is 1. The number of aliphatic hydroxyl groups excluding tert-OH is 1. The van der Waals surface area contributed by atoms with Crippen LogP contribution in [0.1, 0.15) is 70.4 Å². The van der Waals surface area contributed by atoms with Gasteiger partial charge in [0.2, 0.25) is 0 Å². The van der Waals surface area contributed by atoms with Gasteiger partial charge in [-0.25, -0.2) is 14.8 Å². The highest BCUT2D eigenvalue weighted by Crippen LogP contribution is 2.40. The van der Waals surface area contributed by atoms with E-state index in [0.29, 0.717) is 35.7 Å². The number of benzene rings is 2. The Bertz CT molecular complexity index is 1370. The summed E-state index contributed by atoms with van der Waals surface area (Å²) in [5.74, 6) is 0.731. The average molecular weight is 555 g/mol. The van der Waals surface area contributed by atoms with Gasteiger partial charge in [-0.2, -0.15) is 13.2 Å². The van der Waals surface area contributed by atoms with Gasteiger partial charge >= 0.3 is 12.1 Å². The molecule has 1 aliphatic heterocycles. The molecular weight excluding hydrogens is 521 g/mol. The van der Waals surface area contributed by atoms with Crippen LogP contribution in [-0.4, -0.2) is 65.4 Å². The molecule has 1 fully saturated rings. The number of halogens is 3. The lowest BCUT2D eigenvalue weighted by molar-refractivity contribution is -0.206. The van der Waals surface area contributed by atoms with Crippen LogP contribution in [0.15, 0.2) is 42.5 Å². The number of methoxy groups -OCH3 is 1. The fraction of sp³-hybridized carbons (Fsp3) is 0.433. The quantitative estimate of drug-likeness (QED) is 0.214. The number of aromatic nitrogens is 2. The highest BCUT2D eigenvalue weighted by molar-refractivity contribution is 5.92. The van der Waals surface area contributed by atoms with Gasteiger partial charge in [-0.3, -0.25) is 0 Å². The Balaban J connectivity index is 1.40. The molecule has 40 heavy (non-hydrogen) atoms. The van der Waals surface area contributed by atoms with E-state index in [4.69, 9.17) is 14.7 Å². The number of hydrogen-bond donors (Lipinski definition) is 2. The van der Waals surface area contributed by atoms with Crippen molar-refractivity contribution in [2.75, 3.05) is 38.6 Å². The normalized spacial score (nSPS) is 15.8. The lowest BCUT2D eigenvalue weighted by Crippen LogP contribution is -2.31. The maximum atomic E-state index is 13.1. The molecule has 0 spiro atoms. The summed E-state index contributed by atoms with van der Waals surface area (Å²) in [5, 5.41) is 13.2. The Morgan fingerprint density at radius 3 is 2.67 bits per heavy atom. The van der Waals surface area contributed by atoms with Crippen LogP contribution in [-0.2, 0) is 17.6 Å². The molecule has 0 amide bonds. The monoisotopic (exact) mass is 554 g/mol. The number of hydrogen-bond acceptors (Lipinski definition) is 7. The van der Waals surface area contributed by atoms with Crippen molar-refractivity contribution in [3.8, 4) is 11.1 Å². The summed E-state index contributed by atoms with van der Waals surface area (Å²) in [6.45, 7) is 3.97. The first kappa shape index (κ1) is 28.0. The van der Waals surface area contributed by atoms with Crippen LogP contribution >= 0.6 is 0 Å². The molecule has 1 saturated heterocycles. The number of alkyl halides is 3. The second-order valence-electron chi connectivity index (χ2n) is 10.4. The first-order valence-corrected chi connectivity index (χ1v) is 13.6. The number of aliphatic hydroxyl groups is 1. The molecule has 2 heterocycles.